The van der Waals surface area contributed by atoms with Crippen LogP contribution in [0.4, 0.5) is 0 Å². The molecule has 1 fully saturated rings. The predicted molar refractivity (Wildman–Crippen MR) is 127 cm³/mol. The molecule has 1 aliphatic heterocycles. The largest absolute Gasteiger partial charge is 2.00 e. The van der Waals surface area contributed by atoms with E-state index in [1.807, 2.05) is 12.1 Å². The molecule has 0 unspecified atom stereocenters. The van der Waals surface area contributed by atoms with Gasteiger partial charge >= 0.3 is 0 Å². The molecule has 1 N–H and O–H groups in total. The Morgan fingerprint density at radius 2 is 1.83 bits per heavy atom. The number of nitrogens with zero attached hydrogens (tertiary/aromatic N) is 2. The summed E-state index contributed by atoms with van der Waals surface area (Å²) in [5, 5.41) is 4.27. The molecule has 0 saturated carbocycles. The zero-order chi connectivity index (χ0) is 19.5. The monoisotopic (exact) mass is 632 g/mol. The summed E-state index contributed by atoms with van der Waals surface area (Å²) < 4.78 is 0. The summed E-state index contributed by atoms with van der Waals surface area (Å²) in [6, 6.07) is 8.54. The van der Waals surface area contributed by atoms with E-state index in [9.17, 15) is 0 Å². The van der Waals surface area contributed by atoms with Gasteiger partial charge in [-0.25, -0.2) is 0 Å². The summed E-state index contributed by atoms with van der Waals surface area (Å²) >= 11 is 14.8. The summed E-state index contributed by atoms with van der Waals surface area (Å²) in [5.41, 5.74) is 1.46. The molecule has 0 bridgehead atoms. The van der Waals surface area contributed by atoms with Crippen LogP contribution in [0.2, 0.25) is 5.02 Å². The quantitative estimate of drug-likeness (QED) is 0.243. The van der Waals surface area contributed by atoms with Gasteiger partial charge in [0.2, 0.25) is 0 Å². The Labute approximate surface area is 207 Å². The van der Waals surface area contributed by atoms with Gasteiger partial charge in [-0.3, -0.25) is 0 Å². The van der Waals surface area contributed by atoms with Crippen molar-refractivity contribution < 1.29 is 25.9 Å². The topological polar surface area (TPSA) is 47.0 Å². The average molecular weight is 632 g/mol. The number of thiol groups is 2. The van der Waals surface area contributed by atoms with E-state index in [0.717, 1.165) is 55.2 Å². The molecule has 0 aromatic heterocycles. The number of likely N-dealkylation sites (tertiary alicyclic amines) is 1. The number of hydrogen-bond donors (Lipinski definition) is 3. The second-order valence-corrected chi connectivity index (χ2v) is 8.98. The van der Waals surface area contributed by atoms with E-state index < -0.39 is 0 Å². The van der Waals surface area contributed by atoms with E-state index in [1.165, 1.54) is 37.9 Å². The first-order valence-electron chi connectivity index (χ1n) is 10.2. The van der Waals surface area contributed by atoms with Crippen LogP contribution < -0.4 is 5.32 Å². The minimum absolute atomic E-state index is 0. The van der Waals surface area contributed by atoms with Crippen molar-refractivity contribution in [2.75, 3.05) is 64.4 Å². The van der Waals surface area contributed by atoms with Crippen molar-refractivity contribution in [3.63, 3.8) is 0 Å². The summed E-state index contributed by atoms with van der Waals surface area (Å²) in [7, 11) is 2.26. The SMILES string of the molecule is CN1CC[C@H](c2ccc(Cl)cc2)[C@H](CCCN(CCS)CCNCCS)C1.[O-2].[Re]. The second-order valence-electron chi connectivity index (χ2n) is 7.65. The zero-order valence-corrected chi connectivity index (χ0v) is 22.7. The third-order valence-electron chi connectivity index (χ3n) is 5.59. The number of rotatable bonds is 12. The van der Waals surface area contributed by atoms with Gasteiger partial charge in [-0.05, 0) is 68.9 Å². The Morgan fingerprint density at radius 3 is 2.48 bits per heavy atom. The van der Waals surface area contributed by atoms with E-state index in [0.29, 0.717) is 5.92 Å². The number of nitrogens with one attached hydrogen (secondary N) is 1. The Balaban J connectivity index is 0.00000392. The Bertz CT molecular complexity index is 527. The molecule has 2 rings (SSSR count). The van der Waals surface area contributed by atoms with Crippen LogP contribution in [-0.4, -0.2) is 74.2 Å². The maximum atomic E-state index is 6.09. The molecule has 4 nitrogen and oxygen atoms in total. The van der Waals surface area contributed by atoms with E-state index in [4.69, 9.17) is 11.6 Å². The van der Waals surface area contributed by atoms with E-state index >= 15 is 0 Å². The van der Waals surface area contributed by atoms with Crippen LogP contribution in [0.15, 0.2) is 24.3 Å². The molecule has 1 saturated heterocycles. The van der Waals surface area contributed by atoms with Crippen molar-refractivity contribution in [1.29, 1.82) is 0 Å². The molecular formula is C21H36ClN3OReS2-2. The van der Waals surface area contributed by atoms with Gasteiger partial charge in [0.05, 0.1) is 0 Å². The Morgan fingerprint density at radius 1 is 1.10 bits per heavy atom. The number of halogens is 1. The van der Waals surface area contributed by atoms with Crippen molar-refractivity contribution in [3.8, 4) is 0 Å². The molecule has 1 aromatic carbocycles. The molecule has 0 spiro atoms. The summed E-state index contributed by atoms with van der Waals surface area (Å²) in [6.45, 7) is 7.73. The van der Waals surface area contributed by atoms with Gasteiger partial charge in [0.1, 0.15) is 0 Å². The fraction of sp³-hybridized carbons (Fsp3) is 0.714. The van der Waals surface area contributed by atoms with Gasteiger partial charge in [0, 0.05) is 69.7 Å². The fourth-order valence-corrected chi connectivity index (χ4v) is 4.72. The zero-order valence-electron chi connectivity index (χ0n) is 17.4. The molecule has 0 amide bonds. The smallest absolute Gasteiger partial charge is 0.0406 e. The van der Waals surface area contributed by atoms with Gasteiger partial charge in [0.25, 0.3) is 0 Å². The third kappa shape index (κ3) is 11.2. The minimum Gasteiger partial charge on any atom is -2.00 e. The second kappa shape index (κ2) is 17.3. The predicted octanol–water partition coefficient (Wildman–Crippen LogP) is 3.79. The number of benzene rings is 1. The summed E-state index contributed by atoms with van der Waals surface area (Å²) in [4.78, 5) is 5.03. The molecule has 1 radical (unpaired) electrons. The maximum Gasteiger partial charge on any atom is 0.0406 e. The molecule has 8 heteroatoms. The van der Waals surface area contributed by atoms with Crippen molar-refractivity contribution in [2.45, 2.75) is 25.2 Å². The Kier molecular flexibility index (Phi) is 17.7. The van der Waals surface area contributed by atoms with Crippen molar-refractivity contribution >= 4 is 36.9 Å². The van der Waals surface area contributed by atoms with Crippen molar-refractivity contribution in [1.82, 2.24) is 15.1 Å². The number of piperidine rings is 1. The standard InChI is InChI=1S/C21H36ClN3S2.O.Re/c1-24-12-8-21(18-4-6-20(22)7-5-18)19(17-24)3-2-11-25(14-16-27)13-9-23-10-15-26;;/h4-7,19,21,23,26-27H,2-3,8-17H2,1H3;;/q;-2;/t19-,21-;;/m1../s1. The normalized spacial score (nSPS) is 19.6. The first kappa shape index (κ1) is 29.7. The fourth-order valence-electron chi connectivity index (χ4n) is 4.15. The first-order chi connectivity index (χ1) is 13.1. The third-order valence-corrected chi connectivity index (χ3v) is 6.27. The van der Waals surface area contributed by atoms with Crippen molar-refractivity contribution in [2.24, 2.45) is 5.92 Å². The average Bonchev–Trinajstić information content (AvgIpc) is 2.66. The molecule has 29 heavy (non-hydrogen) atoms. The van der Waals surface area contributed by atoms with Crippen molar-refractivity contribution in [3.05, 3.63) is 34.9 Å². The molecule has 0 aliphatic carbocycles. The van der Waals surface area contributed by atoms with Crippen LogP contribution in [0, 0.1) is 5.92 Å². The van der Waals surface area contributed by atoms with Crippen LogP contribution in [-0.2, 0) is 25.9 Å². The first-order valence-corrected chi connectivity index (χ1v) is 11.9. The van der Waals surface area contributed by atoms with Crippen LogP contribution in [0.3, 0.4) is 0 Å². The van der Waals surface area contributed by atoms with Gasteiger partial charge < -0.3 is 20.6 Å². The molecule has 169 valence electrons. The van der Waals surface area contributed by atoms with E-state index in [1.54, 1.807) is 0 Å². The number of hydrogen-bond acceptors (Lipinski definition) is 5. The van der Waals surface area contributed by atoms with Crippen LogP contribution >= 0.6 is 36.9 Å². The van der Waals surface area contributed by atoms with E-state index in [2.05, 4.69) is 59.6 Å². The molecule has 1 aromatic rings. The van der Waals surface area contributed by atoms with Gasteiger partial charge in [-0.1, -0.05) is 23.7 Å². The molecular weight excluding hydrogens is 596 g/mol. The summed E-state index contributed by atoms with van der Waals surface area (Å²) in [5.74, 6) is 3.21. The van der Waals surface area contributed by atoms with Gasteiger partial charge in [0.15, 0.2) is 0 Å². The van der Waals surface area contributed by atoms with Crippen LogP contribution in [0.25, 0.3) is 0 Å². The minimum atomic E-state index is 0. The maximum absolute atomic E-state index is 6.09. The van der Waals surface area contributed by atoms with Gasteiger partial charge in [-0.2, -0.15) is 25.3 Å². The van der Waals surface area contributed by atoms with Gasteiger partial charge in [-0.15, -0.1) is 0 Å². The Hall–Kier alpha value is 0.712. The molecule has 1 aliphatic rings. The molecule has 2 atom stereocenters. The van der Waals surface area contributed by atoms with Crippen LogP contribution in [0.5, 0.6) is 0 Å². The summed E-state index contributed by atoms with van der Waals surface area (Å²) in [6.07, 6.45) is 3.78. The molecule has 1 heterocycles. The van der Waals surface area contributed by atoms with E-state index in [-0.39, 0.29) is 25.9 Å². The van der Waals surface area contributed by atoms with Crippen LogP contribution in [0.1, 0.15) is 30.7 Å².